The summed E-state index contributed by atoms with van der Waals surface area (Å²) in [7, 11) is 1.78. The Morgan fingerprint density at radius 3 is 2.50 bits per heavy atom. The van der Waals surface area contributed by atoms with Crippen LogP contribution >= 0.6 is 11.8 Å². The molecule has 0 aliphatic carbocycles. The lowest BCUT2D eigenvalue weighted by Gasteiger charge is -2.19. The second-order valence-electron chi connectivity index (χ2n) is 6.79. The zero-order valence-corrected chi connectivity index (χ0v) is 15.0. The summed E-state index contributed by atoms with van der Waals surface area (Å²) in [6, 6.07) is 8.11. The first-order valence-electron chi connectivity index (χ1n) is 7.46. The van der Waals surface area contributed by atoms with E-state index < -0.39 is 0 Å². The van der Waals surface area contributed by atoms with E-state index in [9.17, 15) is 4.79 Å². The van der Waals surface area contributed by atoms with Gasteiger partial charge in [-0.25, -0.2) is 4.98 Å². The van der Waals surface area contributed by atoms with Crippen LogP contribution in [0.15, 0.2) is 34.2 Å². The van der Waals surface area contributed by atoms with E-state index in [0.717, 1.165) is 16.6 Å². The van der Waals surface area contributed by atoms with Crippen LogP contribution in [0.1, 0.15) is 43.2 Å². The Morgan fingerprint density at radius 1 is 1.18 bits per heavy atom. The van der Waals surface area contributed by atoms with Crippen LogP contribution in [0.5, 0.6) is 0 Å². The first kappa shape index (κ1) is 16.8. The van der Waals surface area contributed by atoms with Gasteiger partial charge in [-0.15, -0.1) is 0 Å². The van der Waals surface area contributed by atoms with E-state index in [1.165, 1.54) is 16.7 Å². The fourth-order valence-corrected chi connectivity index (χ4v) is 3.17. The van der Waals surface area contributed by atoms with Gasteiger partial charge in [0.05, 0.1) is 5.69 Å². The van der Waals surface area contributed by atoms with Gasteiger partial charge in [-0.2, -0.15) is 0 Å². The predicted octanol–water partition coefficient (Wildman–Crippen LogP) is 3.99. The molecule has 0 unspecified atom stereocenters. The maximum atomic E-state index is 12.1. The first-order chi connectivity index (χ1) is 10.2. The topological polar surface area (TPSA) is 34.9 Å². The smallest absolute Gasteiger partial charge is 0.254 e. The van der Waals surface area contributed by atoms with Gasteiger partial charge in [-0.1, -0.05) is 56.3 Å². The molecule has 3 nitrogen and oxygen atoms in total. The molecule has 118 valence electrons. The van der Waals surface area contributed by atoms with Crippen molar-refractivity contribution in [2.45, 2.75) is 50.9 Å². The largest absolute Gasteiger partial charge is 0.291 e. The molecule has 0 amide bonds. The first-order valence-corrected chi connectivity index (χ1v) is 8.44. The number of hydrogen-bond acceptors (Lipinski definition) is 3. The van der Waals surface area contributed by atoms with E-state index >= 15 is 0 Å². The van der Waals surface area contributed by atoms with Crippen molar-refractivity contribution >= 4 is 11.8 Å². The molecule has 0 saturated heterocycles. The molecule has 0 radical (unpaired) electrons. The van der Waals surface area contributed by atoms with Gasteiger partial charge in [0.2, 0.25) is 0 Å². The average molecular weight is 316 g/mol. The van der Waals surface area contributed by atoms with Gasteiger partial charge in [0, 0.05) is 24.3 Å². The van der Waals surface area contributed by atoms with Crippen molar-refractivity contribution in [2.75, 3.05) is 0 Å². The van der Waals surface area contributed by atoms with Gasteiger partial charge < -0.3 is 0 Å². The minimum absolute atomic E-state index is 0.00314. The van der Waals surface area contributed by atoms with Gasteiger partial charge in [0.25, 0.3) is 5.56 Å². The normalized spacial score (nSPS) is 11.7. The number of rotatable bonds is 3. The summed E-state index contributed by atoms with van der Waals surface area (Å²) in [5.74, 6) is 0.821. The molecule has 1 aromatic heterocycles. The second kappa shape index (κ2) is 6.29. The fraction of sp³-hybridized carbons (Fsp3) is 0.444. The molecule has 0 N–H and O–H groups in total. The van der Waals surface area contributed by atoms with E-state index in [1.807, 2.05) is 0 Å². The molecule has 0 atom stereocenters. The lowest BCUT2D eigenvalue weighted by Crippen LogP contribution is -2.25. The number of benzene rings is 1. The third-order valence-corrected chi connectivity index (χ3v) is 4.80. The van der Waals surface area contributed by atoms with Crippen LogP contribution in [0.4, 0.5) is 0 Å². The lowest BCUT2D eigenvalue weighted by atomic mass is 9.92. The van der Waals surface area contributed by atoms with Gasteiger partial charge >= 0.3 is 0 Å². The maximum Gasteiger partial charge on any atom is 0.254 e. The lowest BCUT2D eigenvalue weighted by molar-refractivity contribution is 0.542. The van der Waals surface area contributed by atoms with Crippen LogP contribution in [0, 0.1) is 13.8 Å². The Bertz CT molecular complexity index is 742. The van der Waals surface area contributed by atoms with Crippen molar-refractivity contribution < 1.29 is 0 Å². The van der Waals surface area contributed by atoms with Gasteiger partial charge in [0.15, 0.2) is 5.16 Å². The van der Waals surface area contributed by atoms with E-state index in [-0.39, 0.29) is 11.0 Å². The van der Waals surface area contributed by atoms with Crippen LogP contribution in [-0.4, -0.2) is 9.55 Å². The summed E-state index contributed by atoms with van der Waals surface area (Å²) in [4.78, 5) is 16.8. The summed E-state index contributed by atoms with van der Waals surface area (Å²) in [6.07, 6.45) is 0. The minimum atomic E-state index is -0.123. The Labute approximate surface area is 136 Å². The number of aryl methyl sites for hydroxylation is 2. The fourth-order valence-electron chi connectivity index (χ4n) is 2.13. The highest BCUT2D eigenvalue weighted by molar-refractivity contribution is 7.98. The molecule has 1 aromatic carbocycles. The zero-order valence-electron chi connectivity index (χ0n) is 14.2. The van der Waals surface area contributed by atoms with Gasteiger partial charge in [0.1, 0.15) is 0 Å². The molecule has 1 heterocycles. The molecular formula is C18H24N2OS. The molecule has 2 rings (SSSR count). The minimum Gasteiger partial charge on any atom is -0.291 e. The number of thioether (sulfide) groups is 1. The monoisotopic (exact) mass is 316 g/mol. The van der Waals surface area contributed by atoms with Crippen molar-refractivity contribution in [3.8, 4) is 0 Å². The molecule has 22 heavy (non-hydrogen) atoms. The van der Waals surface area contributed by atoms with Crippen LogP contribution < -0.4 is 5.56 Å². The van der Waals surface area contributed by atoms with Crippen molar-refractivity contribution in [3.05, 3.63) is 57.0 Å². The van der Waals surface area contributed by atoms with E-state index in [4.69, 9.17) is 4.98 Å². The maximum absolute atomic E-state index is 12.1. The third-order valence-electron chi connectivity index (χ3n) is 3.72. The third kappa shape index (κ3) is 3.80. The van der Waals surface area contributed by atoms with Gasteiger partial charge in [-0.05, 0) is 25.0 Å². The summed E-state index contributed by atoms with van der Waals surface area (Å²) in [5, 5.41) is 0.776. The molecule has 0 saturated carbocycles. The number of hydrogen-bond donors (Lipinski definition) is 0. The van der Waals surface area contributed by atoms with Crippen LogP contribution in [0.2, 0.25) is 0 Å². The molecule has 0 aliphatic rings. The molecular weight excluding hydrogens is 292 g/mol. The molecule has 0 spiro atoms. The second-order valence-corrected chi connectivity index (χ2v) is 7.73. The standard InChI is InChI=1S/C18H24N2OS/c1-12-7-8-13(2)14(9-12)11-22-17-19-15(18(3,4)5)10-16(21)20(17)6/h7-10H,11H2,1-6H3. The summed E-state index contributed by atoms with van der Waals surface area (Å²) in [5.41, 5.74) is 4.55. The average Bonchev–Trinajstić information content (AvgIpc) is 2.42. The Hall–Kier alpha value is -1.55. The van der Waals surface area contributed by atoms with E-state index in [1.54, 1.807) is 29.4 Å². The molecule has 2 aromatic rings. The van der Waals surface area contributed by atoms with Crippen LogP contribution in [-0.2, 0) is 18.2 Å². The van der Waals surface area contributed by atoms with E-state index in [0.29, 0.717) is 0 Å². The van der Waals surface area contributed by atoms with Crippen LogP contribution in [0.3, 0.4) is 0 Å². The van der Waals surface area contributed by atoms with E-state index in [2.05, 4.69) is 52.8 Å². The summed E-state index contributed by atoms with van der Waals surface area (Å²) < 4.78 is 1.63. The molecule has 0 fully saturated rings. The summed E-state index contributed by atoms with van der Waals surface area (Å²) >= 11 is 1.62. The summed E-state index contributed by atoms with van der Waals surface area (Å²) in [6.45, 7) is 10.4. The molecule has 4 heteroatoms. The highest BCUT2D eigenvalue weighted by atomic mass is 32.2. The van der Waals surface area contributed by atoms with Crippen molar-refractivity contribution in [3.63, 3.8) is 0 Å². The number of aromatic nitrogens is 2. The van der Waals surface area contributed by atoms with Gasteiger partial charge in [-0.3, -0.25) is 9.36 Å². The predicted molar refractivity (Wildman–Crippen MR) is 93.7 cm³/mol. The quantitative estimate of drug-likeness (QED) is 0.634. The zero-order chi connectivity index (χ0) is 16.5. The molecule has 0 bridgehead atoms. The number of nitrogens with zero attached hydrogens (tertiary/aromatic N) is 2. The molecule has 0 aliphatic heterocycles. The SMILES string of the molecule is Cc1ccc(C)c(CSc2nc(C(C)(C)C)cc(=O)n2C)c1. The highest BCUT2D eigenvalue weighted by Gasteiger charge is 2.18. The Balaban J connectivity index is 2.31. The Morgan fingerprint density at radius 2 is 1.86 bits per heavy atom. The van der Waals surface area contributed by atoms with Crippen molar-refractivity contribution in [1.82, 2.24) is 9.55 Å². The van der Waals surface area contributed by atoms with Crippen molar-refractivity contribution in [2.24, 2.45) is 7.05 Å². The highest BCUT2D eigenvalue weighted by Crippen LogP contribution is 2.25. The van der Waals surface area contributed by atoms with Crippen molar-refractivity contribution in [1.29, 1.82) is 0 Å². The van der Waals surface area contributed by atoms with Crippen LogP contribution in [0.25, 0.3) is 0 Å². The Kier molecular flexibility index (Phi) is 4.81.